The van der Waals surface area contributed by atoms with Gasteiger partial charge >= 0.3 is 0 Å². The van der Waals surface area contributed by atoms with Crippen molar-refractivity contribution in [2.75, 3.05) is 33.4 Å². The first-order valence-corrected chi connectivity index (χ1v) is 13.3. The Labute approximate surface area is 230 Å². The van der Waals surface area contributed by atoms with Gasteiger partial charge in [-0.05, 0) is 48.2 Å². The maximum atomic E-state index is 13.4. The van der Waals surface area contributed by atoms with E-state index in [-0.39, 0.29) is 31.4 Å². The van der Waals surface area contributed by atoms with Crippen LogP contribution in [0.3, 0.4) is 0 Å². The standard InChI is InChI=1S/C31H35ClN2O4/c1-24-19-27(14-15-28(24)32)37-23-31(20-30(36)33(2)21-26-11-7-4-8-12-26)22-34(17-18-38-31)29(35)16-13-25-9-5-3-6-10-25/h3-12,14-15,19H,13,16-18,20-23H2,1-2H3/t31-/m0/s1. The Hall–Kier alpha value is -3.35. The highest BCUT2D eigenvalue weighted by Crippen LogP contribution is 2.28. The molecule has 200 valence electrons. The lowest BCUT2D eigenvalue weighted by Gasteiger charge is -2.42. The van der Waals surface area contributed by atoms with Crippen molar-refractivity contribution in [3.8, 4) is 5.75 Å². The average molecular weight is 535 g/mol. The van der Waals surface area contributed by atoms with E-state index in [1.54, 1.807) is 24.1 Å². The number of nitrogens with zero attached hydrogens (tertiary/aromatic N) is 2. The molecule has 6 nitrogen and oxygen atoms in total. The van der Waals surface area contributed by atoms with E-state index in [0.29, 0.717) is 43.3 Å². The molecule has 0 N–H and O–H groups in total. The summed E-state index contributed by atoms with van der Waals surface area (Å²) in [6, 6.07) is 25.3. The van der Waals surface area contributed by atoms with Crippen LogP contribution in [0, 0.1) is 6.92 Å². The SMILES string of the molecule is Cc1cc(OC[C@]2(CC(=O)N(C)Cc3ccccc3)CN(C(=O)CCc3ccccc3)CCO2)ccc1Cl. The molecular formula is C31H35ClN2O4. The summed E-state index contributed by atoms with van der Waals surface area (Å²) in [6.45, 7) is 3.67. The van der Waals surface area contributed by atoms with Crippen LogP contribution in [0.1, 0.15) is 29.5 Å². The molecule has 0 saturated carbocycles. The Morgan fingerprint density at radius 2 is 1.71 bits per heavy atom. The molecule has 4 rings (SSSR count). The van der Waals surface area contributed by atoms with Crippen LogP contribution in [-0.4, -0.2) is 60.6 Å². The number of halogens is 1. The van der Waals surface area contributed by atoms with Gasteiger partial charge in [0.2, 0.25) is 11.8 Å². The predicted octanol–water partition coefficient (Wildman–Crippen LogP) is 5.31. The molecule has 3 aromatic carbocycles. The Morgan fingerprint density at radius 3 is 2.39 bits per heavy atom. The second-order valence-corrected chi connectivity index (χ2v) is 10.4. The molecule has 1 heterocycles. The van der Waals surface area contributed by atoms with Gasteiger partial charge in [-0.25, -0.2) is 0 Å². The van der Waals surface area contributed by atoms with Crippen molar-refractivity contribution >= 4 is 23.4 Å². The van der Waals surface area contributed by atoms with Gasteiger partial charge in [0.1, 0.15) is 18.0 Å². The number of aryl methyl sites for hydroxylation is 2. The molecule has 0 bridgehead atoms. The summed E-state index contributed by atoms with van der Waals surface area (Å²) in [6.07, 6.45) is 1.17. The molecule has 1 saturated heterocycles. The van der Waals surface area contributed by atoms with Crippen LogP contribution in [0.4, 0.5) is 0 Å². The monoisotopic (exact) mass is 534 g/mol. The van der Waals surface area contributed by atoms with Crippen molar-refractivity contribution in [3.05, 3.63) is 101 Å². The molecule has 3 aromatic rings. The first-order valence-electron chi connectivity index (χ1n) is 13.0. The topological polar surface area (TPSA) is 59.1 Å². The molecule has 0 aliphatic carbocycles. The average Bonchev–Trinajstić information content (AvgIpc) is 2.93. The number of benzene rings is 3. The Balaban J connectivity index is 1.47. The van der Waals surface area contributed by atoms with E-state index in [1.807, 2.05) is 78.6 Å². The maximum Gasteiger partial charge on any atom is 0.225 e. The van der Waals surface area contributed by atoms with Gasteiger partial charge < -0.3 is 19.3 Å². The van der Waals surface area contributed by atoms with Gasteiger partial charge in [0.05, 0.1) is 19.6 Å². The van der Waals surface area contributed by atoms with Crippen LogP contribution in [0.2, 0.25) is 5.02 Å². The van der Waals surface area contributed by atoms with E-state index in [0.717, 1.165) is 16.7 Å². The Kier molecular flexibility index (Phi) is 9.43. The number of amides is 2. The third-order valence-corrected chi connectivity index (χ3v) is 7.29. The number of carbonyl (C=O) groups excluding carboxylic acids is 2. The minimum Gasteiger partial charge on any atom is -0.490 e. The number of hydrogen-bond acceptors (Lipinski definition) is 4. The molecule has 2 amide bonds. The molecule has 38 heavy (non-hydrogen) atoms. The van der Waals surface area contributed by atoms with Crippen LogP contribution < -0.4 is 4.74 Å². The Bertz CT molecular complexity index is 1220. The van der Waals surface area contributed by atoms with Gasteiger partial charge in [0.15, 0.2) is 0 Å². The van der Waals surface area contributed by atoms with Crippen LogP contribution in [-0.2, 0) is 27.3 Å². The highest BCUT2D eigenvalue weighted by Gasteiger charge is 2.42. The van der Waals surface area contributed by atoms with Crippen LogP contribution in [0.5, 0.6) is 5.75 Å². The van der Waals surface area contributed by atoms with Crippen LogP contribution in [0.15, 0.2) is 78.9 Å². The molecule has 0 spiro atoms. The normalized spacial score (nSPS) is 17.2. The maximum absolute atomic E-state index is 13.4. The minimum absolute atomic E-state index is 0.0500. The van der Waals surface area contributed by atoms with Gasteiger partial charge in [-0.1, -0.05) is 72.3 Å². The van der Waals surface area contributed by atoms with Gasteiger partial charge in [0.25, 0.3) is 0 Å². The fraction of sp³-hybridized carbons (Fsp3) is 0.355. The second kappa shape index (κ2) is 12.9. The van der Waals surface area contributed by atoms with E-state index in [9.17, 15) is 9.59 Å². The first-order chi connectivity index (χ1) is 18.3. The van der Waals surface area contributed by atoms with Crippen molar-refractivity contribution in [1.82, 2.24) is 9.80 Å². The third kappa shape index (κ3) is 7.59. The van der Waals surface area contributed by atoms with E-state index in [4.69, 9.17) is 21.1 Å². The zero-order valence-corrected chi connectivity index (χ0v) is 22.8. The lowest BCUT2D eigenvalue weighted by atomic mass is 9.96. The number of rotatable bonds is 10. The molecule has 0 radical (unpaired) electrons. The minimum atomic E-state index is -0.962. The number of hydrogen-bond donors (Lipinski definition) is 0. The molecule has 1 aliphatic heterocycles. The van der Waals surface area contributed by atoms with Crippen molar-refractivity contribution in [3.63, 3.8) is 0 Å². The van der Waals surface area contributed by atoms with E-state index in [2.05, 4.69) is 0 Å². The van der Waals surface area contributed by atoms with E-state index >= 15 is 0 Å². The first kappa shape index (κ1) is 27.7. The molecule has 7 heteroatoms. The van der Waals surface area contributed by atoms with Gasteiger partial charge in [-0.15, -0.1) is 0 Å². The Morgan fingerprint density at radius 1 is 1.03 bits per heavy atom. The highest BCUT2D eigenvalue weighted by molar-refractivity contribution is 6.31. The zero-order valence-electron chi connectivity index (χ0n) is 22.1. The number of carbonyl (C=O) groups is 2. The largest absolute Gasteiger partial charge is 0.490 e. The smallest absolute Gasteiger partial charge is 0.225 e. The molecular weight excluding hydrogens is 500 g/mol. The van der Waals surface area contributed by atoms with Crippen molar-refractivity contribution in [2.45, 2.75) is 38.3 Å². The lowest BCUT2D eigenvalue weighted by molar-refractivity contribution is -0.165. The molecule has 0 aromatic heterocycles. The van der Waals surface area contributed by atoms with Gasteiger partial charge in [-0.2, -0.15) is 0 Å². The van der Waals surface area contributed by atoms with Crippen molar-refractivity contribution < 1.29 is 19.1 Å². The van der Waals surface area contributed by atoms with Gasteiger partial charge in [0, 0.05) is 31.6 Å². The fourth-order valence-corrected chi connectivity index (χ4v) is 4.75. The fourth-order valence-electron chi connectivity index (χ4n) is 4.63. The van der Waals surface area contributed by atoms with E-state index in [1.165, 1.54) is 0 Å². The summed E-state index contributed by atoms with van der Waals surface area (Å²) in [5, 5.41) is 0.661. The zero-order chi connectivity index (χ0) is 27.0. The summed E-state index contributed by atoms with van der Waals surface area (Å²) < 4.78 is 12.4. The number of morpholine rings is 1. The summed E-state index contributed by atoms with van der Waals surface area (Å²) in [5.41, 5.74) is 2.11. The second-order valence-electron chi connectivity index (χ2n) is 9.94. The van der Waals surface area contributed by atoms with Crippen molar-refractivity contribution in [1.29, 1.82) is 0 Å². The molecule has 0 unspecified atom stereocenters. The molecule has 1 atom stereocenters. The lowest BCUT2D eigenvalue weighted by Crippen LogP contribution is -2.58. The summed E-state index contributed by atoms with van der Waals surface area (Å²) >= 11 is 6.18. The molecule has 1 aliphatic rings. The summed E-state index contributed by atoms with van der Waals surface area (Å²) in [5.74, 6) is 0.629. The third-order valence-electron chi connectivity index (χ3n) is 6.86. The number of ether oxygens (including phenoxy) is 2. The summed E-state index contributed by atoms with van der Waals surface area (Å²) in [7, 11) is 1.79. The highest BCUT2D eigenvalue weighted by atomic mass is 35.5. The quantitative estimate of drug-likeness (QED) is 0.354. The van der Waals surface area contributed by atoms with E-state index < -0.39 is 5.60 Å². The summed E-state index contributed by atoms with van der Waals surface area (Å²) in [4.78, 5) is 30.1. The predicted molar refractivity (Wildman–Crippen MR) is 149 cm³/mol. The molecule has 1 fully saturated rings. The van der Waals surface area contributed by atoms with Crippen LogP contribution in [0.25, 0.3) is 0 Å². The van der Waals surface area contributed by atoms with Gasteiger partial charge in [-0.3, -0.25) is 9.59 Å². The van der Waals surface area contributed by atoms with Crippen molar-refractivity contribution in [2.24, 2.45) is 0 Å². The van der Waals surface area contributed by atoms with Crippen LogP contribution >= 0.6 is 11.6 Å².